The normalized spacial score (nSPS) is 24.3. The third-order valence-corrected chi connectivity index (χ3v) is 5.21. The van der Waals surface area contributed by atoms with Gasteiger partial charge in [0.05, 0.1) is 12.2 Å². The fraction of sp³-hybridized carbons (Fsp3) is 0.727. The minimum Gasteiger partial charge on any atom is -0.481 e. The van der Waals surface area contributed by atoms with Gasteiger partial charge in [0.15, 0.2) is 0 Å². The molecule has 1 saturated carbocycles. The molecule has 1 fully saturated rings. The highest BCUT2D eigenvalue weighted by molar-refractivity contribution is 5.84. The Morgan fingerprint density at radius 2 is 1.93 bits per heavy atom. The standard InChI is InChI=1S/C22H36O5/c1-2-3-4-5-8-11-17(23)14-15-19-18(20(24)16-21(19)25)12-9-6-7-10-13-22(26)27/h6,9,14-15,17-19,21,23,25H,2-5,7-8,10-13,16H2,1H3,(H,26,27)/t17-,18+,19+,21+/m0/s1. The van der Waals surface area contributed by atoms with Crippen LogP contribution in [0.1, 0.15) is 77.6 Å². The molecular weight excluding hydrogens is 344 g/mol. The van der Waals surface area contributed by atoms with Crippen LogP contribution in [-0.2, 0) is 9.59 Å². The molecule has 0 unspecified atom stereocenters. The summed E-state index contributed by atoms with van der Waals surface area (Å²) in [5, 5.41) is 28.9. The van der Waals surface area contributed by atoms with Gasteiger partial charge in [-0.2, -0.15) is 0 Å². The molecular formula is C22H36O5. The topological polar surface area (TPSA) is 94.8 Å². The maximum atomic E-state index is 12.2. The van der Waals surface area contributed by atoms with Crippen LogP contribution in [0.2, 0.25) is 0 Å². The number of unbranched alkanes of at least 4 members (excludes halogenated alkanes) is 5. The van der Waals surface area contributed by atoms with Crippen molar-refractivity contribution in [1.29, 1.82) is 0 Å². The molecule has 0 aromatic rings. The van der Waals surface area contributed by atoms with E-state index in [-0.39, 0.29) is 30.5 Å². The molecule has 0 radical (unpaired) electrons. The summed E-state index contributed by atoms with van der Waals surface area (Å²) in [7, 11) is 0. The highest BCUT2D eigenvalue weighted by Gasteiger charge is 2.39. The number of hydrogen-bond donors (Lipinski definition) is 3. The Balaban J connectivity index is 2.42. The number of hydrogen-bond acceptors (Lipinski definition) is 4. The van der Waals surface area contributed by atoms with Gasteiger partial charge in [-0.15, -0.1) is 0 Å². The maximum absolute atomic E-state index is 12.2. The molecule has 1 aliphatic carbocycles. The number of carboxylic acid groups (broad SMARTS) is 1. The summed E-state index contributed by atoms with van der Waals surface area (Å²) in [6, 6.07) is 0. The number of carbonyl (C=O) groups excluding carboxylic acids is 1. The van der Waals surface area contributed by atoms with Gasteiger partial charge in [0.2, 0.25) is 0 Å². The lowest BCUT2D eigenvalue weighted by molar-refractivity contribution is -0.137. The molecule has 1 aliphatic rings. The number of aliphatic carboxylic acids is 1. The van der Waals surface area contributed by atoms with E-state index in [4.69, 9.17) is 5.11 Å². The molecule has 0 bridgehead atoms. The van der Waals surface area contributed by atoms with Gasteiger partial charge >= 0.3 is 5.97 Å². The zero-order valence-electron chi connectivity index (χ0n) is 16.6. The van der Waals surface area contributed by atoms with E-state index in [1.165, 1.54) is 19.3 Å². The van der Waals surface area contributed by atoms with Gasteiger partial charge in [-0.3, -0.25) is 9.59 Å². The van der Waals surface area contributed by atoms with E-state index in [0.29, 0.717) is 25.7 Å². The van der Waals surface area contributed by atoms with Crippen molar-refractivity contribution < 1.29 is 24.9 Å². The van der Waals surface area contributed by atoms with E-state index in [1.54, 1.807) is 6.08 Å². The fourth-order valence-electron chi connectivity index (χ4n) is 3.57. The molecule has 0 saturated heterocycles. The van der Waals surface area contributed by atoms with Crippen molar-refractivity contribution in [2.75, 3.05) is 0 Å². The monoisotopic (exact) mass is 380 g/mol. The van der Waals surface area contributed by atoms with Crippen molar-refractivity contribution in [2.24, 2.45) is 11.8 Å². The first-order valence-corrected chi connectivity index (χ1v) is 10.4. The first-order chi connectivity index (χ1) is 13.0. The third kappa shape index (κ3) is 9.87. The van der Waals surface area contributed by atoms with Crippen LogP contribution in [0.4, 0.5) is 0 Å². The molecule has 4 atom stereocenters. The Labute approximate surface area is 163 Å². The van der Waals surface area contributed by atoms with Crippen molar-refractivity contribution in [3.05, 3.63) is 24.3 Å². The summed E-state index contributed by atoms with van der Waals surface area (Å²) in [5.74, 6) is -1.26. The first-order valence-electron chi connectivity index (χ1n) is 10.4. The molecule has 27 heavy (non-hydrogen) atoms. The van der Waals surface area contributed by atoms with Crippen molar-refractivity contribution in [1.82, 2.24) is 0 Å². The summed E-state index contributed by atoms with van der Waals surface area (Å²) in [4.78, 5) is 22.6. The maximum Gasteiger partial charge on any atom is 0.303 e. The molecule has 5 heteroatoms. The van der Waals surface area contributed by atoms with Crippen LogP contribution in [0.5, 0.6) is 0 Å². The van der Waals surface area contributed by atoms with Crippen LogP contribution in [0, 0.1) is 11.8 Å². The number of rotatable bonds is 14. The van der Waals surface area contributed by atoms with Crippen LogP contribution in [0.3, 0.4) is 0 Å². The van der Waals surface area contributed by atoms with E-state index in [9.17, 15) is 19.8 Å². The number of allylic oxidation sites excluding steroid dienone is 2. The van der Waals surface area contributed by atoms with E-state index < -0.39 is 18.2 Å². The summed E-state index contributed by atoms with van der Waals surface area (Å²) in [5.41, 5.74) is 0. The van der Waals surface area contributed by atoms with Crippen LogP contribution in [-0.4, -0.2) is 39.3 Å². The Bertz CT molecular complexity index is 497. The second kappa shape index (κ2) is 13.7. The number of carboxylic acids is 1. The van der Waals surface area contributed by atoms with Crippen molar-refractivity contribution in [3.8, 4) is 0 Å². The number of aliphatic hydroxyl groups excluding tert-OH is 2. The van der Waals surface area contributed by atoms with Gasteiger partial charge in [-0.25, -0.2) is 0 Å². The molecule has 5 nitrogen and oxygen atoms in total. The van der Waals surface area contributed by atoms with E-state index in [1.807, 2.05) is 18.2 Å². The average molecular weight is 381 g/mol. The molecule has 0 aromatic heterocycles. The second-order valence-corrected chi connectivity index (χ2v) is 7.57. The van der Waals surface area contributed by atoms with Gasteiger partial charge < -0.3 is 15.3 Å². The predicted molar refractivity (Wildman–Crippen MR) is 106 cm³/mol. The second-order valence-electron chi connectivity index (χ2n) is 7.57. The van der Waals surface area contributed by atoms with Crippen LogP contribution in [0.15, 0.2) is 24.3 Å². The fourth-order valence-corrected chi connectivity index (χ4v) is 3.57. The highest BCUT2D eigenvalue weighted by Crippen LogP contribution is 2.33. The van der Waals surface area contributed by atoms with Gasteiger partial charge in [-0.05, 0) is 25.7 Å². The lowest BCUT2D eigenvalue weighted by Gasteiger charge is -2.16. The lowest BCUT2D eigenvalue weighted by Crippen LogP contribution is -2.18. The van der Waals surface area contributed by atoms with E-state index >= 15 is 0 Å². The molecule has 0 aromatic carbocycles. The molecule has 154 valence electrons. The largest absolute Gasteiger partial charge is 0.481 e. The SMILES string of the molecule is CCCCCCC[C@H](O)C=C[C@H]1[C@H](O)CC(=O)[C@@H]1CC=CCCCC(=O)O. The van der Waals surface area contributed by atoms with Crippen LogP contribution < -0.4 is 0 Å². The first kappa shape index (κ1) is 23.6. The zero-order chi connectivity index (χ0) is 20.1. The lowest BCUT2D eigenvalue weighted by atomic mass is 9.90. The Hall–Kier alpha value is -1.46. The van der Waals surface area contributed by atoms with Gasteiger partial charge in [0, 0.05) is 24.7 Å². The Morgan fingerprint density at radius 3 is 2.63 bits per heavy atom. The summed E-state index contributed by atoms with van der Waals surface area (Å²) >= 11 is 0. The smallest absolute Gasteiger partial charge is 0.303 e. The number of aliphatic hydroxyl groups is 2. The van der Waals surface area contributed by atoms with Gasteiger partial charge in [0.25, 0.3) is 0 Å². The van der Waals surface area contributed by atoms with Gasteiger partial charge in [-0.1, -0.05) is 63.3 Å². The number of carbonyl (C=O) groups is 2. The predicted octanol–water partition coefficient (Wildman–Crippen LogP) is 4.03. The van der Waals surface area contributed by atoms with E-state index in [0.717, 1.165) is 12.8 Å². The summed E-state index contributed by atoms with van der Waals surface area (Å²) in [6.45, 7) is 2.17. The number of Topliss-reactive ketones (excluding diaryl/α,β-unsaturated/α-hetero) is 1. The zero-order valence-corrected chi connectivity index (χ0v) is 16.6. The molecule has 3 N–H and O–H groups in total. The van der Waals surface area contributed by atoms with E-state index in [2.05, 4.69) is 6.92 Å². The van der Waals surface area contributed by atoms with Crippen molar-refractivity contribution in [2.45, 2.75) is 89.8 Å². The highest BCUT2D eigenvalue weighted by atomic mass is 16.4. The Kier molecular flexibility index (Phi) is 11.9. The summed E-state index contributed by atoms with van der Waals surface area (Å²) < 4.78 is 0. The molecule has 1 rings (SSSR count). The average Bonchev–Trinajstić information content (AvgIpc) is 2.88. The van der Waals surface area contributed by atoms with Crippen molar-refractivity contribution >= 4 is 11.8 Å². The minimum atomic E-state index is -0.799. The Morgan fingerprint density at radius 1 is 1.19 bits per heavy atom. The minimum absolute atomic E-state index is 0.0568. The number of ketones is 1. The molecule has 0 aliphatic heterocycles. The molecule has 0 heterocycles. The molecule has 0 amide bonds. The van der Waals surface area contributed by atoms with Crippen molar-refractivity contribution in [3.63, 3.8) is 0 Å². The van der Waals surface area contributed by atoms with Gasteiger partial charge in [0.1, 0.15) is 5.78 Å². The molecule has 0 spiro atoms. The third-order valence-electron chi connectivity index (χ3n) is 5.21. The van der Waals surface area contributed by atoms with Crippen LogP contribution in [0.25, 0.3) is 0 Å². The van der Waals surface area contributed by atoms with Crippen LogP contribution >= 0.6 is 0 Å². The quantitative estimate of drug-likeness (QED) is 0.312. The summed E-state index contributed by atoms with van der Waals surface area (Å²) in [6.07, 6.45) is 14.7.